The lowest BCUT2D eigenvalue weighted by Crippen LogP contribution is -2.44. The van der Waals surface area contributed by atoms with E-state index in [1.54, 1.807) is 0 Å². The average molecular weight is 291 g/mol. The molecule has 21 heavy (non-hydrogen) atoms. The van der Waals surface area contributed by atoms with Gasteiger partial charge in [-0.2, -0.15) is 0 Å². The zero-order valence-electron chi connectivity index (χ0n) is 13.8. The summed E-state index contributed by atoms with van der Waals surface area (Å²) in [4.78, 5) is 0. The molecule has 0 aliphatic heterocycles. The van der Waals surface area contributed by atoms with Gasteiger partial charge < -0.3 is 14.8 Å². The summed E-state index contributed by atoms with van der Waals surface area (Å²) >= 11 is 0. The molecule has 1 aromatic rings. The molecular weight excluding hydrogens is 262 g/mol. The van der Waals surface area contributed by atoms with Crippen LogP contribution in [0.25, 0.3) is 0 Å². The first kappa shape index (κ1) is 16.3. The number of rotatable bonds is 6. The topological polar surface area (TPSA) is 30.5 Å². The van der Waals surface area contributed by atoms with E-state index in [0.29, 0.717) is 12.1 Å². The van der Waals surface area contributed by atoms with Gasteiger partial charge in [0.15, 0.2) is 0 Å². The van der Waals surface area contributed by atoms with Crippen LogP contribution in [0, 0.1) is 0 Å². The van der Waals surface area contributed by atoms with E-state index in [4.69, 9.17) is 9.47 Å². The molecule has 3 unspecified atom stereocenters. The largest absolute Gasteiger partial charge is 0.491 e. The first-order valence-corrected chi connectivity index (χ1v) is 8.16. The molecule has 2 rings (SSSR count). The molecule has 3 nitrogen and oxygen atoms in total. The fraction of sp³-hybridized carbons (Fsp3) is 0.667. The fourth-order valence-corrected chi connectivity index (χ4v) is 3.18. The third-order valence-corrected chi connectivity index (χ3v) is 4.22. The van der Waals surface area contributed by atoms with Crippen LogP contribution in [0.1, 0.15) is 58.1 Å². The molecular formula is C18H29NO2. The van der Waals surface area contributed by atoms with Crippen LogP contribution in [0.5, 0.6) is 5.75 Å². The molecule has 0 spiro atoms. The zero-order valence-corrected chi connectivity index (χ0v) is 13.8. The van der Waals surface area contributed by atoms with E-state index in [0.717, 1.165) is 12.2 Å². The number of hydrogen-bond donors (Lipinski definition) is 1. The summed E-state index contributed by atoms with van der Waals surface area (Å²) in [6, 6.07) is 9.02. The molecule has 118 valence electrons. The Kier molecular flexibility index (Phi) is 6.07. The summed E-state index contributed by atoms with van der Waals surface area (Å²) < 4.78 is 11.6. The molecule has 3 atom stereocenters. The summed E-state index contributed by atoms with van der Waals surface area (Å²) in [5, 5.41) is 3.74. The highest BCUT2D eigenvalue weighted by atomic mass is 16.5. The van der Waals surface area contributed by atoms with E-state index >= 15 is 0 Å². The molecule has 1 saturated carbocycles. The highest BCUT2D eigenvalue weighted by Gasteiger charge is 2.26. The Bertz CT molecular complexity index is 433. The number of hydrogen-bond acceptors (Lipinski definition) is 3. The van der Waals surface area contributed by atoms with E-state index in [-0.39, 0.29) is 12.1 Å². The SMILES string of the molecule is COC1CCCCC1NC(C)c1ccccc1OC(C)C. The summed E-state index contributed by atoms with van der Waals surface area (Å²) in [6.07, 6.45) is 5.44. The van der Waals surface area contributed by atoms with Crippen molar-refractivity contribution in [2.24, 2.45) is 0 Å². The van der Waals surface area contributed by atoms with Gasteiger partial charge in [0.25, 0.3) is 0 Å². The Labute approximate surface area is 129 Å². The third-order valence-electron chi connectivity index (χ3n) is 4.22. The van der Waals surface area contributed by atoms with Gasteiger partial charge in [0.2, 0.25) is 0 Å². The lowest BCUT2D eigenvalue weighted by Gasteiger charge is -2.34. The van der Waals surface area contributed by atoms with Gasteiger partial charge in [-0.25, -0.2) is 0 Å². The van der Waals surface area contributed by atoms with E-state index in [1.807, 2.05) is 13.2 Å². The summed E-state index contributed by atoms with van der Waals surface area (Å²) in [5.41, 5.74) is 1.23. The quantitative estimate of drug-likeness (QED) is 0.856. The molecule has 1 aliphatic carbocycles. The van der Waals surface area contributed by atoms with Crippen molar-refractivity contribution in [3.8, 4) is 5.75 Å². The van der Waals surface area contributed by atoms with Gasteiger partial charge in [-0.1, -0.05) is 31.0 Å². The van der Waals surface area contributed by atoms with Crippen LogP contribution in [0.15, 0.2) is 24.3 Å². The van der Waals surface area contributed by atoms with Crippen molar-refractivity contribution < 1.29 is 9.47 Å². The fourth-order valence-electron chi connectivity index (χ4n) is 3.18. The maximum atomic E-state index is 5.94. The molecule has 1 N–H and O–H groups in total. The number of nitrogens with one attached hydrogen (secondary N) is 1. The Morgan fingerprint density at radius 1 is 1.10 bits per heavy atom. The van der Waals surface area contributed by atoms with Gasteiger partial charge in [0, 0.05) is 24.8 Å². The molecule has 0 heterocycles. The zero-order chi connectivity index (χ0) is 15.2. The summed E-state index contributed by atoms with van der Waals surface area (Å²) in [5.74, 6) is 0.984. The lowest BCUT2D eigenvalue weighted by molar-refractivity contribution is 0.0382. The Balaban J connectivity index is 2.07. The van der Waals surface area contributed by atoms with Gasteiger partial charge in [-0.05, 0) is 39.7 Å². The number of para-hydroxylation sites is 1. The maximum Gasteiger partial charge on any atom is 0.124 e. The van der Waals surface area contributed by atoms with Crippen LogP contribution < -0.4 is 10.1 Å². The Hall–Kier alpha value is -1.06. The first-order chi connectivity index (χ1) is 10.1. The van der Waals surface area contributed by atoms with E-state index < -0.39 is 0 Å². The van der Waals surface area contributed by atoms with Crippen LogP contribution >= 0.6 is 0 Å². The van der Waals surface area contributed by atoms with Crippen LogP contribution in [0.3, 0.4) is 0 Å². The van der Waals surface area contributed by atoms with Crippen LogP contribution in [-0.2, 0) is 4.74 Å². The van der Waals surface area contributed by atoms with Gasteiger partial charge in [0.05, 0.1) is 12.2 Å². The lowest BCUT2D eigenvalue weighted by atomic mass is 9.91. The van der Waals surface area contributed by atoms with Crippen LogP contribution in [0.2, 0.25) is 0 Å². The monoisotopic (exact) mass is 291 g/mol. The van der Waals surface area contributed by atoms with Crippen LogP contribution in [-0.4, -0.2) is 25.4 Å². The van der Waals surface area contributed by atoms with Crippen LogP contribution in [0.4, 0.5) is 0 Å². The Morgan fingerprint density at radius 2 is 1.81 bits per heavy atom. The van der Waals surface area contributed by atoms with Crippen molar-refractivity contribution in [3.05, 3.63) is 29.8 Å². The minimum atomic E-state index is 0.194. The van der Waals surface area contributed by atoms with E-state index in [2.05, 4.69) is 44.3 Å². The summed E-state index contributed by atoms with van der Waals surface area (Å²) in [6.45, 7) is 6.35. The number of methoxy groups -OCH3 is 1. The molecule has 0 bridgehead atoms. The smallest absolute Gasteiger partial charge is 0.124 e. The predicted octanol–water partition coefficient (Wildman–Crippen LogP) is 4.08. The molecule has 1 fully saturated rings. The predicted molar refractivity (Wildman–Crippen MR) is 86.8 cm³/mol. The molecule has 0 amide bonds. The molecule has 1 aromatic carbocycles. The molecule has 1 aliphatic rings. The van der Waals surface area contributed by atoms with Gasteiger partial charge in [0.1, 0.15) is 5.75 Å². The summed E-state index contributed by atoms with van der Waals surface area (Å²) in [7, 11) is 1.82. The van der Waals surface area contributed by atoms with Gasteiger partial charge in [-0.15, -0.1) is 0 Å². The third kappa shape index (κ3) is 4.45. The van der Waals surface area contributed by atoms with E-state index in [1.165, 1.54) is 24.8 Å². The second-order valence-electron chi connectivity index (χ2n) is 6.26. The van der Waals surface area contributed by atoms with Crippen molar-refractivity contribution in [1.29, 1.82) is 0 Å². The average Bonchev–Trinajstić information content (AvgIpc) is 2.47. The van der Waals surface area contributed by atoms with Crippen molar-refractivity contribution in [1.82, 2.24) is 5.32 Å². The molecule has 0 saturated heterocycles. The van der Waals surface area contributed by atoms with Gasteiger partial charge in [-0.3, -0.25) is 0 Å². The van der Waals surface area contributed by atoms with Crippen molar-refractivity contribution in [3.63, 3.8) is 0 Å². The second kappa shape index (κ2) is 7.81. The standard InChI is InChI=1S/C18H29NO2/c1-13(2)21-17-11-7-5-9-15(17)14(3)19-16-10-6-8-12-18(16)20-4/h5,7,9,11,13-14,16,18-19H,6,8,10,12H2,1-4H3. The van der Waals surface area contributed by atoms with Crippen molar-refractivity contribution in [2.75, 3.05) is 7.11 Å². The molecule has 0 radical (unpaired) electrons. The van der Waals surface area contributed by atoms with Crippen molar-refractivity contribution >= 4 is 0 Å². The first-order valence-electron chi connectivity index (χ1n) is 8.16. The normalized spacial score (nSPS) is 24.0. The van der Waals surface area contributed by atoms with E-state index in [9.17, 15) is 0 Å². The minimum absolute atomic E-state index is 0.194. The molecule has 3 heteroatoms. The van der Waals surface area contributed by atoms with Crippen molar-refractivity contribution in [2.45, 2.75) is 70.7 Å². The number of benzene rings is 1. The minimum Gasteiger partial charge on any atom is -0.491 e. The maximum absolute atomic E-state index is 5.94. The Morgan fingerprint density at radius 3 is 2.52 bits per heavy atom. The van der Waals surface area contributed by atoms with Gasteiger partial charge >= 0.3 is 0 Å². The second-order valence-corrected chi connectivity index (χ2v) is 6.26. The number of ether oxygens (including phenoxy) is 2. The highest BCUT2D eigenvalue weighted by Crippen LogP contribution is 2.28. The highest BCUT2D eigenvalue weighted by molar-refractivity contribution is 5.35. The molecule has 0 aromatic heterocycles.